The number of hydrogen-bond acceptors (Lipinski definition) is 4. The van der Waals surface area contributed by atoms with Gasteiger partial charge < -0.3 is 9.80 Å². The van der Waals surface area contributed by atoms with Crippen LogP contribution in [-0.2, 0) is 29.1 Å². The molecule has 1 aliphatic heterocycles. The highest BCUT2D eigenvalue weighted by Gasteiger charge is 2.35. The van der Waals surface area contributed by atoms with Crippen molar-refractivity contribution in [2.75, 3.05) is 13.6 Å². The van der Waals surface area contributed by atoms with Gasteiger partial charge in [0.25, 0.3) is 0 Å². The quantitative estimate of drug-likeness (QED) is 0.798. The number of pyridine rings is 2. The highest BCUT2D eigenvalue weighted by Crippen LogP contribution is 2.22. The molecule has 6 heteroatoms. The van der Waals surface area contributed by atoms with Crippen LogP contribution in [0.25, 0.3) is 0 Å². The molecule has 3 heterocycles. The van der Waals surface area contributed by atoms with E-state index in [0.29, 0.717) is 19.6 Å². The molecule has 2 amide bonds. The Bertz CT molecular complexity index is 761. The molecule has 0 radical (unpaired) electrons. The number of rotatable bonds is 6. The maximum atomic E-state index is 12.7. The summed E-state index contributed by atoms with van der Waals surface area (Å²) in [7, 11) is 1.77. The summed E-state index contributed by atoms with van der Waals surface area (Å²) in [5, 5.41) is 0. The van der Waals surface area contributed by atoms with Crippen LogP contribution in [-0.4, -0.2) is 45.2 Å². The lowest BCUT2D eigenvalue weighted by molar-refractivity contribution is -0.135. The van der Waals surface area contributed by atoms with E-state index in [1.165, 1.54) is 5.56 Å². The van der Waals surface area contributed by atoms with Gasteiger partial charge in [0.1, 0.15) is 0 Å². The van der Waals surface area contributed by atoms with E-state index in [4.69, 9.17) is 0 Å². The van der Waals surface area contributed by atoms with Gasteiger partial charge in [-0.15, -0.1) is 0 Å². The van der Waals surface area contributed by atoms with Gasteiger partial charge in [-0.05, 0) is 29.7 Å². The molecule has 0 bridgehead atoms. The van der Waals surface area contributed by atoms with Gasteiger partial charge in [-0.1, -0.05) is 19.1 Å². The summed E-state index contributed by atoms with van der Waals surface area (Å²) in [5.74, 6) is -0.279. The number of likely N-dealkylation sites (tertiary alicyclic amines) is 1. The minimum Gasteiger partial charge on any atom is -0.340 e. The van der Waals surface area contributed by atoms with E-state index in [1.807, 2.05) is 30.5 Å². The molecule has 2 aromatic heterocycles. The van der Waals surface area contributed by atoms with Crippen molar-refractivity contribution in [2.45, 2.75) is 32.9 Å². The van der Waals surface area contributed by atoms with Crippen molar-refractivity contribution in [3.63, 3.8) is 0 Å². The Morgan fingerprint density at radius 2 is 2.12 bits per heavy atom. The lowest BCUT2D eigenvalue weighted by Gasteiger charge is -2.21. The average Bonchev–Trinajstić information content (AvgIpc) is 3.03. The van der Waals surface area contributed by atoms with Crippen molar-refractivity contribution in [3.05, 3.63) is 59.7 Å². The first-order chi connectivity index (χ1) is 12.6. The predicted molar refractivity (Wildman–Crippen MR) is 97.9 cm³/mol. The Labute approximate surface area is 153 Å². The number of amides is 2. The number of aryl methyl sites for hydroxylation is 1. The third kappa shape index (κ3) is 4.25. The van der Waals surface area contributed by atoms with E-state index >= 15 is 0 Å². The molecule has 1 aliphatic rings. The Hall–Kier alpha value is -2.76. The number of carbonyl (C=O) groups excluding carboxylic acids is 2. The standard InChI is InChI=1S/C20H24N4O2/c1-3-15-6-7-18(22-11-15)14-23(2)20(26)17-9-19(25)24(13-17)12-16-5-4-8-21-10-16/h4-8,10-11,17H,3,9,12-14H2,1-2H3/t17-/m1/s1. The monoisotopic (exact) mass is 352 g/mol. The van der Waals surface area contributed by atoms with Crippen LogP contribution in [0, 0.1) is 5.92 Å². The van der Waals surface area contributed by atoms with Crippen LogP contribution in [0.15, 0.2) is 42.9 Å². The molecule has 0 spiro atoms. The molecular formula is C20H24N4O2. The van der Waals surface area contributed by atoms with Gasteiger partial charge in [0.05, 0.1) is 18.2 Å². The largest absolute Gasteiger partial charge is 0.340 e. The van der Waals surface area contributed by atoms with Crippen LogP contribution in [0.3, 0.4) is 0 Å². The zero-order valence-corrected chi connectivity index (χ0v) is 15.3. The number of carbonyl (C=O) groups is 2. The lowest BCUT2D eigenvalue weighted by Crippen LogP contribution is -2.34. The summed E-state index contributed by atoms with van der Waals surface area (Å²) in [6.45, 7) is 3.50. The summed E-state index contributed by atoms with van der Waals surface area (Å²) in [6, 6.07) is 7.78. The van der Waals surface area contributed by atoms with E-state index in [9.17, 15) is 9.59 Å². The first-order valence-corrected chi connectivity index (χ1v) is 8.92. The molecule has 0 saturated carbocycles. The van der Waals surface area contributed by atoms with Crippen LogP contribution in [0.5, 0.6) is 0 Å². The molecule has 6 nitrogen and oxygen atoms in total. The van der Waals surface area contributed by atoms with Crippen LogP contribution >= 0.6 is 0 Å². The highest BCUT2D eigenvalue weighted by atomic mass is 16.2. The molecule has 26 heavy (non-hydrogen) atoms. The fraction of sp³-hybridized carbons (Fsp3) is 0.400. The van der Waals surface area contributed by atoms with Gasteiger partial charge in [0.15, 0.2) is 0 Å². The van der Waals surface area contributed by atoms with Crippen LogP contribution < -0.4 is 0 Å². The maximum Gasteiger partial charge on any atom is 0.228 e. The van der Waals surface area contributed by atoms with Crippen molar-refractivity contribution >= 4 is 11.8 Å². The third-order valence-corrected chi connectivity index (χ3v) is 4.73. The molecule has 2 aromatic rings. The Balaban J connectivity index is 1.58. The minimum atomic E-state index is -0.293. The Kier molecular flexibility index (Phi) is 5.61. The molecule has 1 fully saturated rings. The Morgan fingerprint density at radius 3 is 2.77 bits per heavy atom. The van der Waals surface area contributed by atoms with E-state index in [2.05, 4.69) is 16.9 Å². The second-order valence-corrected chi connectivity index (χ2v) is 6.74. The molecule has 0 aromatic carbocycles. The van der Waals surface area contributed by atoms with Gasteiger partial charge in [0, 0.05) is 45.1 Å². The maximum absolute atomic E-state index is 12.7. The van der Waals surface area contributed by atoms with Gasteiger partial charge in [-0.2, -0.15) is 0 Å². The van der Waals surface area contributed by atoms with Crippen LogP contribution in [0.4, 0.5) is 0 Å². The first kappa shape index (κ1) is 18.0. The molecule has 3 rings (SSSR count). The number of nitrogens with zero attached hydrogens (tertiary/aromatic N) is 4. The van der Waals surface area contributed by atoms with Gasteiger partial charge in [-0.25, -0.2) is 0 Å². The van der Waals surface area contributed by atoms with E-state index in [-0.39, 0.29) is 24.2 Å². The fourth-order valence-electron chi connectivity index (χ4n) is 3.19. The van der Waals surface area contributed by atoms with Crippen molar-refractivity contribution in [1.82, 2.24) is 19.8 Å². The minimum absolute atomic E-state index is 0.00611. The van der Waals surface area contributed by atoms with E-state index in [0.717, 1.165) is 17.7 Å². The predicted octanol–water partition coefficient (Wildman–Crippen LogP) is 2.05. The summed E-state index contributed by atoms with van der Waals surface area (Å²) in [4.78, 5) is 36.9. The van der Waals surface area contributed by atoms with Crippen molar-refractivity contribution < 1.29 is 9.59 Å². The summed E-state index contributed by atoms with van der Waals surface area (Å²) >= 11 is 0. The first-order valence-electron chi connectivity index (χ1n) is 8.92. The van der Waals surface area contributed by atoms with E-state index in [1.54, 1.807) is 29.2 Å². The fourth-order valence-corrected chi connectivity index (χ4v) is 3.19. The van der Waals surface area contributed by atoms with Crippen molar-refractivity contribution in [1.29, 1.82) is 0 Å². The highest BCUT2D eigenvalue weighted by molar-refractivity contribution is 5.89. The molecule has 136 valence electrons. The molecular weight excluding hydrogens is 328 g/mol. The zero-order chi connectivity index (χ0) is 18.5. The molecule has 0 aliphatic carbocycles. The second-order valence-electron chi connectivity index (χ2n) is 6.74. The lowest BCUT2D eigenvalue weighted by atomic mass is 10.1. The normalized spacial score (nSPS) is 16.8. The summed E-state index contributed by atoms with van der Waals surface area (Å²) in [6.07, 6.45) is 6.52. The summed E-state index contributed by atoms with van der Waals surface area (Å²) < 4.78 is 0. The molecule has 1 saturated heterocycles. The average molecular weight is 352 g/mol. The number of hydrogen-bond donors (Lipinski definition) is 0. The van der Waals surface area contributed by atoms with Crippen molar-refractivity contribution in [3.8, 4) is 0 Å². The van der Waals surface area contributed by atoms with Gasteiger partial charge in [-0.3, -0.25) is 19.6 Å². The molecule has 1 atom stereocenters. The van der Waals surface area contributed by atoms with Crippen LogP contribution in [0.2, 0.25) is 0 Å². The summed E-state index contributed by atoms with van der Waals surface area (Å²) in [5.41, 5.74) is 3.01. The van der Waals surface area contributed by atoms with Gasteiger partial charge in [0.2, 0.25) is 11.8 Å². The molecule has 0 unspecified atom stereocenters. The SMILES string of the molecule is CCc1ccc(CN(C)C(=O)[C@@H]2CC(=O)N(Cc3cccnc3)C2)nc1. The zero-order valence-electron chi connectivity index (χ0n) is 15.3. The smallest absolute Gasteiger partial charge is 0.228 e. The van der Waals surface area contributed by atoms with E-state index < -0.39 is 0 Å². The van der Waals surface area contributed by atoms with Crippen LogP contribution in [0.1, 0.15) is 30.2 Å². The topological polar surface area (TPSA) is 66.4 Å². The third-order valence-electron chi connectivity index (χ3n) is 4.73. The second kappa shape index (κ2) is 8.08. The number of aromatic nitrogens is 2. The van der Waals surface area contributed by atoms with Gasteiger partial charge >= 0.3 is 0 Å². The Morgan fingerprint density at radius 1 is 1.27 bits per heavy atom. The van der Waals surface area contributed by atoms with Crippen molar-refractivity contribution in [2.24, 2.45) is 5.92 Å². The molecule has 0 N–H and O–H groups in total.